The highest BCUT2D eigenvalue weighted by atomic mass is 16.6. The molecule has 0 aromatic heterocycles. The number of carbonyl (C=O) groups is 1. The van der Waals surface area contributed by atoms with E-state index in [-0.39, 0.29) is 18.4 Å². The van der Waals surface area contributed by atoms with E-state index in [1.807, 2.05) is 61.5 Å². The Hall–Kier alpha value is -2.17. The van der Waals surface area contributed by atoms with Gasteiger partial charge in [0.05, 0.1) is 6.54 Å². The zero-order valence-electron chi connectivity index (χ0n) is 18.3. The molecule has 0 spiro atoms. The minimum absolute atomic E-state index is 0.0792. The summed E-state index contributed by atoms with van der Waals surface area (Å²) in [5, 5.41) is 11.9. The third-order valence-corrected chi connectivity index (χ3v) is 6.05. The van der Waals surface area contributed by atoms with Gasteiger partial charge in [-0.2, -0.15) is 0 Å². The van der Waals surface area contributed by atoms with E-state index in [1.54, 1.807) is 0 Å². The first kappa shape index (κ1) is 23.1. The van der Waals surface area contributed by atoms with Gasteiger partial charge >= 0.3 is 5.97 Å². The molecule has 2 rings (SSSR count). The van der Waals surface area contributed by atoms with Crippen LogP contribution in [0.2, 0.25) is 0 Å². The lowest BCUT2D eigenvalue weighted by Crippen LogP contribution is -2.48. The Kier molecular flexibility index (Phi) is 7.61. The summed E-state index contributed by atoms with van der Waals surface area (Å²) in [5.74, 6) is -0.253. The number of aliphatic hydroxyl groups is 1. The van der Waals surface area contributed by atoms with Gasteiger partial charge in [0.15, 0.2) is 0 Å². The van der Waals surface area contributed by atoms with E-state index in [0.717, 1.165) is 16.7 Å². The molecular formula is C25H35NO3. The fourth-order valence-electron chi connectivity index (χ4n) is 4.23. The number of benzene rings is 2. The van der Waals surface area contributed by atoms with Crippen molar-refractivity contribution in [3.63, 3.8) is 0 Å². The van der Waals surface area contributed by atoms with Gasteiger partial charge in [-0.25, -0.2) is 0 Å². The van der Waals surface area contributed by atoms with Crippen molar-refractivity contribution in [3.05, 3.63) is 71.3 Å². The summed E-state index contributed by atoms with van der Waals surface area (Å²) in [6, 6.07) is 17.7. The van der Waals surface area contributed by atoms with Gasteiger partial charge < -0.3 is 15.6 Å². The van der Waals surface area contributed by atoms with Crippen LogP contribution in [0, 0.1) is 18.8 Å². The van der Waals surface area contributed by atoms with Gasteiger partial charge in [0.1, 0.15) is 11.2 Å². The molecule has 0 heterocycles. The molecule has 0 fully saturated rings. The maximum absolute atomic E-state index is 12.1. The topological polar surface area (TPSA) is 72.5 Å². The first-order chi connectivity index (χ1) is 13.7. The average Bonchev–Trinajstić information content (AvgIpc) is 2.70. The van der Waals surface area contributed by atoms with Crippen molar-refractivity contribution in [1.29, 1.82) is 0 Å². The van der Waals surface area contributed by atoms with Crippen molar-refractivity contribution >= 4 is 5.97 Å². The van der Waals surface area contributed by atoms with Crippen molar-refractivity contribution in [2.75, 3.05) is 6.54 Å². The molecule has 3 N–H and O–H groups in total. The number of hydrogen-bond donors (Lipinski definition) is 2. The van der Waals surface area contributed by atoms with Crippen molar-refractivity contribution in [1.82, 2.24) is 0 Å². The second-order valence-electron chi connectivity index (χ2n) is 8.54. The first-order valence-corrected chi connectivity index (χ1v) is 10.4. The molecule has 0 aliphatic carbocycles. The number of aryl methyl sites for hydroxylation is 1. The average molecular weight is 398 g/mol. The normalized spacial score (nSPS) is 14.1. The van der Waals surface area contributed by atoms with Gasteiger partial charge in [0.25, 0.3) is 0 Å². The molecule has 0 saturated carbocycles. The molecule has 0 bridgehead atoms. The van der Waals surface area contributed by atoms with Crippen molar-refractivity contribution < 1.29 is 14.6 Å². The molecule has 1 unspecified atom stereocenters. The van der Waals surface area contributed by atoms with Crippen LogP contribution in [0.15, 0.2) is 54.6 Å². The predicted octanol–water partition coefficient (Wildman–Crippen LogP) is 4.56. The van der Waals surface area contributed by atoms with E-state index in [0.29, 0.717) is 12.8 Å². The smallest absolute Gasteiger partial charge is 0.320 e. The van der Waals surface area contributed by atoms with E-state index in [2.05, 4.69) is 27.7 Å². The van der Waals surface area contributed by atoms with E-state index >= 15 is 0 Å². The van der Waals surface area contributed by atoms with Crippen molar-refractivity contribution in [2.45, 2.75) is 58.7 Å². The monoisotopic (exact) mass is 397 g/mol. The van der Waals surface area contributed by atoms with Crippen LogP contribution in [0.25, 0.3) is 0 Å². The summed E-state index contributed by atoms with van der Waals surface area (Å²) in [7, 11) is 0. The Bertz CT molecular complexity index is 793. The van der Waals surface area contributed by atoms with E-state index in [1.165, 1.54) is 0 Å². The second-order valence-corrected chi connectivity index (χ2v) is 8.54. The predicted molar refractivity (Wildman–Crippen MR) is 117 cm³/mol. The molecule has 4 nitrogen and oxygen atoms in total. The first-order valence-electron chi connectivity index (χ1n) is 10.4. The van der Waals surface area contributed by atoms with Crippen LogP contribution < -0.4 is 5.73 Å². The van der Waals surface area contributed by atoms with Crippen LogP contribution in [0.1, 0.15) is 57.2 Å². The van der Waals surface area contributed by atoms with E-state index in [4.69, 9.17) is 10.5 Å². The molecule has 29 heavy (non-hydrogen) atoms. The summed E-state index contributed by atoms with van der Waals surface area (Å²) >= 11 is 0. The van der Waals surface area contributed by atoms with Crippen LogP contribution in [0.3, 0.4) is 0 Å². The summed E-state index contributed by atoms with van der Waals surface area (Å²) in [4.78, 5) is 12.1. The summed E-state index contributed by atoms with van der Waals surface area (Å²) in [5.41, 5.74) is 6.41. The number of esters is 1. The standard InChI is InChI=1S/C25H35NO3/c1-18(2)25(19(3)4,29-23(27)17-26)15-14-24(28,21-11-7-6-8-12-21)22-13-9-10-20(5)16-22/h6-13,16,18-19,28H,14-15,17,26H2,1-5H3. The maximum Gasteiger partial charge on any atom is 0.320 e. The Morgan fingerprint density at radius 2 is 1.55 bits per heavy atom. The van der Waals surface area contributed by atoms with Gasteiger partial charge in [0.2, 0.25) is 0 Å². The quantitative estimate of drug-likeness (QED) is 0.608. The van der Waals surface area contributed by atoms with Crippen molar-refractivity contribution in [3.8, 4) is 0 Å². The maximum atomic E-state index is 12.1. The molecular weight excluding hydrogens is 362 g/mol. The van der Waals surface area contributed by atoms with Gasteiger partial charge in [-0.05, 0) is 42.7 Å². The number of nitrogens with two attached hydrogens (primary N) is 1. The summed E-state index contributed by atoms with van der Waals surface area (Å²) < 4.78 is 5.93. The van der Waals surface area contributed by atoms with Crippen LogP contribution >= 0.6 is 0 Å². The minimum atomic E-state index is -1.18. The van der Waals surface area contributed by atoms with Crippen LogP contribution in [-0.4, -0.2) is 23.2 Å². The number of hydrogen-bond acceptors (Lipinski definition) is 4. The molecule has 2 aromatic rings. The molecule has 4 heteroatoms. The summed E-state index contributed by atoms with van der Waals surface area (Å²) in [6.07, 6.45) is 0.947. The van der Waals surface area contributed by atoms with Crippen LogP contribution in [0.5, 0.6) is 0 Å². The lowest BCUT2D eigenvalue weighted by molar-refractivity contribution is -0.173. The number of rotatable bonds is 9. The molecule has 0 saturated heterocycles. The van der Waals surface area contributed by atoms with E-state index in [9.17, 15) is 9.90 Å². The van der Waals surface area contributed by atoms with Gasteiger partial charge in [0, 0.05) is 0 Å². The molecule has 158 valence electrons. The zero-order valence-corrected chi connectivity index (χ0v) is 18.3. The Morgan fingerprint density at radius 3 is 2.07 bits per heavy atom. The van der Waals surface area contributed by atoms with Gasteiger partial charge in [-0.3, -0.25) is 4.79 Å². The Morgan fingerprint density at radius 1 is 0.966 bits per heavy atom. The fraction of sp³-hybridized carbons (Fsp3) is 0.480. The lowest BCUT2D eigenvalue weighted by atomic mass is 9.72. The van der Waals surface area contributed by atoms with Crippen LogP contribution in [-0.2, 0) is 15.1 Å². The minimum Gasteiger partial charge on any atom is -0.458 e. The molecule has 0 aliphatic heterocycles. The SMILES string of the molecule is Cc1cccc(C(O)(CCC(OC(=O)CN)(C(C)C)C(C)C)c2ccccc2)c1. The second kappa shape index (κ2) is 9.55. The number of ether oxygens (including phenoxy) is 1. The Balaban J connectivity index is 2.48. The highest BCUT2D eigenvalue weighted by molar-refractivity contribution is 5.72. The third-order valence-electron chi connectivity index (χ3n) is 6.05. The molecule has 0 radical (unpaired) electrons. The molecule has 2 aromatic carbocycles. The Labute approximate surface area is 175 Å². The third kappa shape index (κ3) is 5.06. The largest absolute Gasteiger partial charge is 0.458 e. The van der Waals surface area contributed by atoms with Gasteiger partial charge in [-0.1, -0.05) is 87.9 Å². The molecule has 0 amide bonds. The van der Waals surface area contributed by atoms with Gasteiger partial charge in [-0.15, -0.1) is 0 Å². The highest BCUT2D eigenvalue weighted by Gasteiger charge is 2.44. The fourth-order valence-corrected chi connectivity index (χ4v) is 4.23. The van der Waals surface area contributed by atoms with Crippen molar-refractivity contribution in [2.24, 2.45) is 17.6 Å². The highest BCUT2D eigenvalue weighted by Crippen LogP contribution is 2.42. The van der Waals surface area contributed by atoms with Crippen LogP contribution in [0.4, 0.5) is 0 Å². The van der Waals surface area contributed by atoms with E-state index < -0.39 is 17.2 Å². The summed E-state index contributed by atoms with van der Waals surface area (Å²) in [6.45, 7) is 10.1. The molecule has 0 aliphatic rings. The lowest BCUT2D eigenvalue weighted by Gasteiger charge is -2.43. The molecule has 1 atom stereocenters. The number of carbonyl (C=O) groups excluding carboxylic acids is 1. The zero-order chi connectivity index (χ0) is 21.7.